The molecule has 0 aliphatic carbocycles. The van der Waals surface area contributed by atoms with Crippen molar-refractivity contribution in [1.29, 1.82) is 0 Å². The third-order valence-electron chi connectivity index (χ3n) is 2.65. The minimum absolute atomic E-state index is 0.143. The fourth-order valence-corrected chi connectivity index (χ4v) is 2.34. The van der Waals surface area contributed by atoms with Crippen molar-refractivity contribution in [1.82, 2.24) is 15.0 Å². The quantitative estimate of drug-likeness (QED) is 0.430. The summed E-state index contributed by atoms with van der Waals surface area (Å²) in [5.41, 5.74) is 1.22. The Morgan fingerprint density at radius 3 is 1.67 bits per heavy atom. The number of nitrogens with one attached hydrogen (secondary N) is 1. The van der Waals surface area contributed by atoms with Gasteiger partial charge in [-0.1, -0.05) is 81.2 Å². The van der Waals surface area contributed by atoms with E-state index in [1.54, 1.807) is 24.3 Å². The van der Waals surface area contributed by atoms with E-state index < -0.39 is 7.59 Å². The van der Waals surface area contributed by atoms with E-state index in [9.17, 15) is 0 Å². The van der Waals surface area contributed by atoms with Crippen molar-refractivity contribution in [2.45, 2.75) is 20.0 Å². The van der Waals surface area contributed by atoms with Crippen molar-refractivity contribution in [3.63, 3.8) is 0 Å². The number of anilines is 1. The van der Waals surface area contributed by atoms with Crippen LogP contribution >= 0.6 is 81.2 Å². The highest BCUT2D eigenvalue weighted by Crippen LogP contribution is 2.40. The van der Waals surface area contributed by atoms with Gasteiger partial charge in [-0.2, -0.15) is 0 Å². The second-order valence-corrected chi connectivity index (χ2v) is 9.86. The Morgan fingerprint density at radius 1 is 0.833 bits per heavy atom. The fraction of sp³-hybridized carbons (Fsp3) is 0.308. The number of alkyl halides is 7. The maximum atomic E-state index is 5.88. The predicted molar refractivity (Wildman–Crippen MR) is 103 cm³/mol. The zero-order chi connectivity index (χ0) is 18.1. The Labute approximate surface area is 173 Å². The zero-order valence-electron chi connectivity index (χ0n) is 11.9. The number of hydrogen-bond donors (Lipinski definition) is 1. The maximum Gasteiger partial charge on any atom is 0.250 e. The van der Waals surface area contributed by atoms with Gasteiger partial charge in [-0.25, -0.2) is 15.0 Å². The molecule has 0 bridgehead atoms. The van der Waals surface area contributed by atoms with Crippen LogP contribution in [-0.2, 0) is 7.59 Å². The van der Waals surface area contributed by atoms with E-state index in [1.165, 1.54) is 0 Å². The normalized spacial score (nSPS) is 13.7. The summed E-state index contributed by atoms with van der Waals surface area (Å²) in [6.07, 6.45) is 0. The van der Waals surface area contributed by atoms with Gasteiger partial charge < -0.3 is 5.32 Å². The molecule has 0 aliphatic rings. The van der Waals surface area contributed by atoms with Gasteiger partial charge in [-0.15, -0.1) is 0 Å². The van der Waals surface area contributed by atoms with Gasteiger partial charge in [-0.05, 0) is 31.2 Å². The predicted octanol–water partition coefficient (Wildman–Crippen LogP) is 6.19. The van der Waals surface area contributed by atoms with Gasteiger partial charge >= 0.3 is 0 Å². The van der Waals surface area contributed by atoms with Crippen molar-refractivity contribution in [3.8, 4) is 11.4 Å². The molecule has 1 aromatic carbocycles. The second kappa shape index (κ2) is 7.75. The van der Waals surface area contributed by atoms with E-state index in [1.807, 2.05) is 6.92 Å². The Kier molecular flexibility index (Phi) is 6.58. The summed E-state index contributed by atoms with van der Waals surface area (Å²) in [5.74, 6) is -0.0797. The molecular weight excluding hydrogens is 460 g/mol. The first-order valence-corrected chi connectivity index (χ1v) is 9.09. The first kappa shape index (κ1) is 20.4. The van der Waals surface area contributed by atoms with Crippen LogP contribution in [0.3, 0.4) is 0 Å². The van der Waals surface area contributed by atoms with Gasteiger partial charge in [0.15, 0.2) is 17.5 Å². The molecule has 0 fully saturated rings. The Hall–Kier alpha value is 0.0600. The summed E-state index contributed by atoms with van der Waals surface area (Å²) < 4.78 is -3.78. The summed E-state index contributed by atoms with van der Waals surface area (Å²) >= 11 is 41.0. The fourth-order valence-electron chi connectivity index (χ4n) is 1.70. The molecule has 0 spiro atoms. The van der Waals surface area contributed by atoms with Gasteiger partial charge in [0.05, 0.1) is 5.50 Å². The maximum absolute atomic E-state index is 5.88. The molecule has 0 amide bonds. The minimum Gasteiger partial charge on any atom is -0.369 e. The van der Waals surface area contributed by atoms with Crippen molar-refractivity contribution in [3.05, 3.63) is 35.9 Å². The monoisotopic (exact) mass is 466 g/mol. The largest absolute Gasteiger partial charge is 0.369 e. The van der Waals surface area contributed by atoms with Gasteiger partial charge in [0, 0.05) is 11.3 Å². The van der Waals surface area contributed by atoms with Crippen LogP contribution in [0.4, 0.5) is 5.69 Å². The molecule has 0 saturated carbocycles. The third kappa shape index (κ3) is 5.53. The first-order valence-electron chi connectivity index (χ1n) is 6.38. The highest BCUT2D eigenvalue weighted by molar-refractivity contribution is 6.67. The smallest absolute Gasteiger partial charge is 0.250 e. The summed E-state index contributed by atoms with van der Waals surface area (Å²) in [7, 11) is 0. The van der Waals surface area contributed by atoms with Crippen molar-refractivity contribution in [2.75, 3.05) is 5.32 Å². The van der Waals surface area contributed by atoms with E-state index in [0.29, 0.717) is 5.56 Å². The number of hydrogen-bond acceptors (Lipinski definition) is 4. The molecule has 0 aliphatic heterocycles. The minimum atomic E-state index is -1.89. The van der Waals surface area contributed by atoms with E-state index in [-0.39, 0.29) is 23.0 Å². The van der Waals surface area contributed by atoms with Crippen LogP contribution in [0.2, 0.25) is 0 Å². The molecular formula is C13H9Cl7N4. The standard InChI is InChI=1S/C13H9Cl7N4/c1-6(14)21-8-4-2-7(3-5-8)9-22-10(12(15,16)17)24-11(23-9)13(18,19)20/h2-6,21H,1H3. The van der Waals surface area contributed by atoms with Crippen molar-refractivity contribution < 1.29 is 0 Å². The summed E-state index contributed by atoms with van der Waals surface area (Å²) in [6, 6.07) is 7.09. The molecule has 2 aromatic rings. The van der Waals surface area contributed by atoms with Crippen LogP contribution in [0.5, 0.6) is 0 Å². The zero-order valence-corrected chi connectivity index (χ0v) is 17.2. The molecule has 0 saturated heterocycles. The van der Waals surface area contributed by atoms with Crippen LogP contribution in [0.25, 0.3) is 11.4 Å². The number of benzene rings is 1. The van der Waals surface area contributed by atoms with Gasteiger partial charge in [0.1, 0.15) is 0 Å². The Balaban J connectivity index is 2.49. The van der Waals surface area contributed by atoms with E-state index >= 15 is 0 Å². The molecule has 1 aromatic heterocycles. The molecule has 0 radical (unpaired) electrons. The van der Waals surface area contributed by atoms with Crippen molar-refractivity contribution >= 4 is 86.9 Å². The van der Waals surface area contributed by atoms with Gasteiger partial charge in [0.2, 0.25) is 7.59 Å². The average molecular weight is 469 g/mol. The molecule has 1 N–H and O–H groups in total. The van der Waals surface area contributed by atoms with Crippen molar-refractivity contribution in [2.24, 2.45) is 0 Å². The van der Waals surface area contributed by atoms with E-state index in [4.69, 9.17) is 81.2 Å². The van der Waals surface area contributed by atoms with Gasteiger partial charge in [0.25, 0.3) is 0 Å². The van der Waals surface area contributed by atoms with Gasteiger partial charge in [-0.3, -0.25) is 0 Å². The lowest BCUT2D eigenvalue weighted by molar-refractivity contribution is 0.851. The lowest BCUT2D eigenvalue weighted by atomic mass is 10.2. The van der Waals surface area contributed by atoms with Crippen LogP contribution in [0, 0.1) is 0 Å². The molecule has 1 heterocycles. The molecule has 1 atom stereocenters. The lowest BCUT2D eigenvalue weighted by Crippen LogP contribution is -2.16. The second-order valence-electron chi connectivity index (χ2n) is 4.64. The Bertz CT molecular complexity index is 675. The topological polar surface area (TPSA) is 50.7 Å². The molecule has 1 unspecified atom stereocenters. The van der Waals surface area contributed by atoms with E-state index in [0.717, 1.165) is 5.69 Å². The number of halogens is 7. The molecule has 2 rings (SSSR count). The van der Waals surface area contributed by atoms with Crippen LogP contribution in [0.15, 0.2) is 24.3 Å². The van der Waals surface area contributed by atoms with E-state index in [2.05, 4.69) is 20.3 Å². The first-order chi connectivity index (χ1) is 11.0. The molecule has 11 heteroatoms. The highest BCUT2D eigenvalue weighted by atomic mass is 35.6. The third-order valence-corrected chi connectivity index (χ3v) is 3.77. The number of aromatic nitrogens is 3. The lowest BCUT2D eigenvalue weighted by Gasteiger charge is -2.16. The average Bonchev–Trinajstić information content (AvgIpc) is 2.45. The molecule has 24 heavy (non-hydrogen) atoms. The number of rotatable bonds is 3. The molecule has 130 valence electrons. The van der Waals surface area contributed by atoms with Crippen LogP contribution < -0.4 is 5.32 Å². The Morgan fingerprint density at radius 2 is 1.29 bits per heavy atom. The summed E-state index contributed by atoms with van der Waals surface area (Å²) in [4.78, 5) is 12.2. The van der Waals surface area contributed by atoms with Crippen LogP contribution in [0.1, 0.15) is 18.6 Å². The summed E-state index contributed by atoms with van der Waals surface area (Å²) in [5, 5.41) is 3.04. The van der Waals surface area contributed by atoms with Crippen LogP contribution in [-0.4, -0.2) is 20.5 Å². The highest BCUT2D eigenvalue weighted by Gasteiger charge is 2.33. The SMILES string of the molecule is CC(Cl)Nc1ccc(-c2nc(C(Cl)(Cl)Cl)nc(C(Cl)(Cl)Cl)n2)cc1. The summed E-state index contributed by atoms with van der Waals surface area (Å²) in [6.45, 7) is 1.81. The number of nitrogens with zero attached hydrogens (tertiary/aromatic N) is 3. The molecule has 4 nitrogen and oxygen atoms in total.